The van der Waals surface area contributed by atoms with E-state index in [0.29, 0.717) is 6.61 Å². The van der Waals surface area contributed by atoms with Gasteiger partial charge in [0, 0.05) is 20.2 Å². The Bertz CT molecular complexity index is 350. The van der Waals surface area contributed by atoms with Crippen LogP contribution >= 0.6 is 11.3 Å². The lowest BCUT2D eigenvalue weighted by Gasteiger charge is -2.25. The van der Waals surface area contributed by atoms with Gasteiger partial charge in [-0.3, -0.25) is 4.90 Å². The number of aliphatic hydroxyl groups is 1. The number of hydrogen-bond acceptors (Lipinski definition) is 6. The molecule has 0 atom stereocenters. The zero-order valence-electron chi connectivity index (χ0n) is 10.0. The largest absolute Gasteiger partial charge is 0.391 e. The van der Waals surface area contributed by atoms with Crippen molar-refractivity contribution >= 4 is 11.3 Å². The third-order valence-electron chi connectivity index (χ3n) is 2.71. The summed E-state index contributed by atoms with van der Waals surface area (Å²) in [5.41, 5.74) is 0.864. The maximum atomic E-state index is 9.25. The Morgan fingerprint density at radius 1 is 1.47 bits per heavy atom. The summed E-state index contributed by atoms with van der Waals surface area (Å²) >= 11 is 1.57. The molecule has 0 saturated carbocycles. The van der Waals surface area contributed by atoms with Crippen molar-refractivity contribution < 1.29 is 14.6 Å². The first-order valence-electron chi connectivity index (χ1n) is 5.71. The molecule has 0 unspecified atom stereocenters. The Hall–Kier alpha value is -0.530. The smallest absolute Gasteiger partial charge is 0.107 e. The number of hydrogen-bond donors (Lipinski definition) is 1. The summed E-state index contributed by atoms with van der Waals surface area (Å²) in [6.45, 7) is 4.84. The van der Waals surface area contributed by atoms with Gasteiger partial charge in [-0.2, -0.15) is 0 Å². The van der Waals surface area contributed by atoms with E-state index in [1.54, 1.807) is 18.4 Å². The van der Waals surface area contributed by atoms with Gasteiger partial charge in [0.15, 0.2) is 0 Å². The van der Waals surface area contributed by atoms with Gasteiger partial charge < -0.3 is 14.6 Å². The molecule has 0 radical (unpaired) electrons. The van der Waals surface area contributed by atoms with Crippen LogP contribution in [-0.4, -0.2) is 48.4 Å². The zero-order valence-corrected chi connectivity index (χ0v) is 10.8. The molecule has 0 aliphatic carbocycles. The zero-order chi connectivity index (χ0) is 12.1. The van der Waals surface area contributed by atoms with Crippen LogP contribution in [-0.2, 0) is 29.2 Å². The molecule has 6 heteroatoms. The summed E-state index contributed by atoms with van der Waals surface area (Å²) in [6.07, 6.45) is 0. The van der Waals surface area contributed by atoms with Crippen LogP contribution < -0.4 is 0 Å². The lowest BCUT2D eigenvalue weighted by molar-refractivity contribution is 0.0341. The first-order chi connectivity index (χ1) is 8.33. The summed E-state index contributed by atoms with van der Waals surface area (Å²) in [6, 6.07) is 0. The number of morpholine rings is 1. The normalized spacial score (nSPS) is 17.5. The summed E-state index contributed by atoms with van der Waals surface area (Å²) in [5.74, 6) is 0. The molecule has 1 aromatic heterocycles. The fourth-order valence-corrected chi connectivity index (χ4v) is 2.80. The lowest BCUT2D eigenvalue weighted by atomic mass is 10.4. The second kappa shape index (κ2) is 6.42. The van der Waals surface area contributed by atoms with E-state index in [9.17, 15) is 5.11 Å². The van der Waals surface area contributed by atoms with Crippen molar-refractivity contribution in [2.75, 3.05) is 33.4 Å². The summed E-state index contributed by atoms with van der Waals surface area (Å²) in [4.78, 5) is 7.75. The number of thiazole rings is 1. The van der Waals surface area contributed by atoms with Gasteiger partial charge >= 0.3 is 0 Å². The first kappa shape index (κ1) is 12.9. The molecule has 1 aliphatic heterocycles. The molecule has 1 saturated heterocycles. The molecule has 5 nitrogen and oxygen atoms in total. The molecule has 1 fully saturated rings. The van der Waals surface area contributed by atoms with Crippen molar-refractivity contribution in [3.8, 4) is 0 Å². The van der Waals surface area contributed by atoms with Crippen LogP contribution in [0.15, 0.2) is 0 Å². The van der Waals surface area contributed by atoms with Crippen LogP contribution in [0.1, 0.15) is 15.6 Å². The Kier molecular flexibility index (Phi) is 4.87. The molecule has 0 spiro atoms. The van der Waals surface area contributed by atoms with Crippen molar-refractivity contribution in [3.63, 3.8) is 0 Å². The van der Waals surface area contributed by atoms with Gasteiger partial charge in [0.2, 0.25) is 0 Å². The first-order valence-corrected chi connectivity index (χ1v) is 6.52. The standard InChI is InChI=1S/C11H18N2O3S/c1-15-8-9-10(7-14)17-11(12-9)6-13-2-4-16-5-3-13/h14H,2-8H2,1H3. The van der Waals surface area contributed by atoms with Crippen LogP contribution in [0.25, 0.3) is 0 Å². The Morgan fingerprint density at radius 3 is 2.88 bits per heavy atom. The van der Waals surface area contributed by atoms with E-state index in [1.807, 2.05) is 0 Å². The van der Waals surface area contributed by atoms with E-state index >= 15 is 0 Å². The number of aliphatic hydroxyl groups excluding tert-OH is 1. The Labute approximate surface area is 105 Å². The van der Waals surface area contributed by atoms with Crippen LogP contribution in [0, 0.1) is 0 Å². The minimum atomic E-state index is 0.0411. The topological polar surface area (TPSA) is 54.8 Å². The fraction of sp³-hybridized carbons (Fsp3) is 0.727. The second-order valence-corrected chi connectivity index (χ2v) is 5.13. The quantitative estimate of drug-likeness (QED) is 0.839. The minimum absolute atomic E-state index is 0.0411. The number of rotatable bonds is 5. The van der Waals surface area contributed by atoms with E-state index in [1.165, 1.54) is 0 Å². The highest BCUT2D eigenvalue weighted by molar-refractivity contribution is 7.11. The summed E-state index contributed by atoms with van der Waals surface area (Å²) in [7, 11) is 1.64. The van der Waals surface area contributed by atoms with E-state index < -0.39 is 0 Å². The molecule has 2 heterocycles. The van der Waals surface area contributed by atoms with Crippen LogP contribution in [0.3, 0.4) is 0 Å². The molecule has 17 heavy (non-hydrogen) atoms. The third-order valence-corrected chi connectivity index (χ3v) is 3.78. The second-order valence-electron chi connectivity index (χ2n) is 3.96. The Balaban J connectivity index is 1.99. The van der Waals surface area contributed by atoms with Crippen LogP contribution in [0.4, 0.5) is 0 Å². The number of aromatic nitrogens is 1. The molecular formula is C11H18N2O3S. The molecule has 1 aromatic rings. The van der Waals surface area contributed by atoms with Crippen LogP contribution in [0.5, 0.6) is 0 Å². The fourth-order valence-electron chi connectivity index (χ4n) is 1.83. The van der Waals surface area contributed by atoms with Crippen molar-refractivity contribution in [1.29, 1.82) is 0 Å². The monoisotopic (exact) mass is 258 g/mol. The van der Waals surface area contributed by atoms with Gasteiger partial charge in [0.05, 0.1) is 43.5 Å². The van der Waals surface area contributed by atoms with E-state index in [0.717, 1.165) is 48.4 Å². The van der Waals surface area contributed by atoms with Crippen molar-refractivity contribution in [3.05, 3.63) is 15.6 Å². The molecule has 1 N–H and O–H groups in total. The summed E-state index contributed by atoms with van der Waals surface area (Å²) < 4.78 is 10.4. The van der Waals surface area contributed by atoms with Crippen molar-refractivity contribution in [2.45, 2.75) is 19.8 Å². The molecule has 1 aliphatic rings. The SMILES string of the molecule is COCc1nc(CN2CCOCC2)sc1CO. The average molecular weight is 258 g/mol. The maximum Gasteiger partial charge on any atom is 0.107 e. The minimum Gasteiger partial charge on any atom is -0.391 e. The van der Waals surface area contributed by atoms with Gasteiger partial charge in [0.1, 0.15) is 5.01 Å². The molecule has 0 aromatic carbocycles. The molecule has 2 rings (SSSR count). The lowest BCUT2D eigenvalue weighted by Crippen LogP contribution is -2.35. The van der Waals surface area contributed by atoms with Gasteiger partial charge in [-0.1, -0.05) is 0 Å². The van der Waals surface area contributed by atoms with Gasteiger partial charge in [-0.15, -0.1) is 11.3 Å². The van der Waals surface area contributed by atoms with E-state index in [-0.39, 0.29) is 6.61 Å². The van der Waals surface area contributed by atoms with Gasteiger partial charge in [-0.05, 0) is 0 Å². The molecule has 0 bridgehead atoms. The van der Waals surface area contributed by atoms with Gasteiger partial charge in [-0.25, -0.2) is 4.98 Å². The average Bonchev–Trinajstić information content (AvgIpc) is 2.73. The van der Waals surface area contributed by atoms with Crippen LogP contribution in [0.2, 0.25) is 0 Å². The highest BCUT2D eigenvalue weighted by atomic mass is 32.1. The third kappa shape index (κ3) is 3.46. The van der Waals surface area contributed by atoms with Crippen molar-refractivity contribution in [2.24, 2.45) is 0 Å². The van der Waals surface area contributed by atoms with Gasteiger partial charge in [0.25, 0.3) is 0 Å². The molecular weight excluding hydrogens is 240 g/mol. The number of ether oxygens (including phenoxy) is 2. The highest BCUT2D eigenvalue weighted by Crippen LogP contribution is 2.21. The predicted molar refractivity (Wildman–Crippen MR) is 64.8 cm³/mol. The summed E-state index contributed by atoms with van der Waals surface area (Å²) in [5, 5.41) is 10.3. The Morgan fingerprint density at radius 2 is 2.24 bits per heavy atom. The molecule has 96 valence electrons. The maximum absolute atomic E-state index is 9.25. The predicted octanol–water partition coefficient (Wildman–Crippen LogP) is 0.614. The van der Waals surface area contributed by atoms with Crippen molar-refractivity contribution in [1.82, 2.24) is 9.88 Å². The van der Waals surface area contributed by atoms with E-state index in [4.69, 9.17) is 9.47 Å². The molecule has 0 amide bonds. The van der Waals surface area contributed by atoms with E-state index in [2.05, 4.69) is 9.88 Å². The number of nitrogens with zero attached hydrogens (tertiary/aromatic N) is 2. The number of methoxy groups -OCH3 is 1. The highest BCUT2D eigenvalue weighted by Gasteiger charge is 2.15.